The normalized spacial score (nSPS) is 11.5. The Labute approximate surface area is 87.2 Å². The van der Waals surface area contributed by atoms with E-state index in [-0.39, 0.29) is 0 Å². The van der Waals surface area contributed by atoms with Crippen molar-refractivity contribution in [2.75, 3.05) is 0 Å². The van der Waals surface area contributed by atoms with Crippen molar-refractivity contribution < 1.29 is 19.4 Å². The summed E-state index contributed by atoms with van der Waals surface area (Å²) in [6, 6.07) is 2.46. The van der Waals surface area contributed by atoms with E-state index in [2.05, 4.69) is 0 Å². The van der Waals surface area contributed by atoms with E-state index in [0.29, 0.717) is 5.56 Å². The number of aromatic carboxylic acids is 1. The van der Waals surface area contributed by atoms with E-state index < -0.39 is 28.5 Å². The standard InChI is InChI=1S/C11H13FO3/c1-11(2,3)6-4-5-7(12)8(9(6)13)10(14)15/h4-5,13H,1-3H3,(H,14,15). The first-order valence-electron chi connectivity index (χ1n) is 4.50. The quantitative estimate of drug-likeness (QED) is 0.752. The third-order valence-electron chi connectivity index (χ3n) is 2.15. The Morgan fingerprint density at radius 2 is 1.87 bits per heavy atom. The molecule has 0 radical (unpaired) electrons. The van der Waals surface area contributed by atoms with E-state index in [4.69, 9.17) is 5.11 Å². The highest BCUT2D eigenvalue weighted by molar-refractivity contribution is 5.91. The minimum Gasteiger partial charge on any atom is -0.507 e. The van der Waals surface area contributed by atoms with Crippen LogP contribution in [0.5, 0.6) is 5.75 Å². The molecule has 0 aromatic heterocycles. The van der Waals surface area contributed by atoms with E-state index in [1.165, 1.54) is 6.07 Å². The summed E-state index contributed by atoms with van der Waals surface area (Å²) < 4.78 is 13.1. The van der Waals surface area contributed by atoms with Crippen molar-refractivity contribution in [3.8, 4) is 5.75 Å². The van der Waals surface area contributed by atoms with Gasteiger partial charge >= 0.3 is 5.97 Å². The van der Waals surface area contributed by atoms with Crippen LogP contribution in [-0.4, -0.2) is 16.2 Å². The van der Waals surface area contributed by atoms with Crippen LogP contribution < -0.4 is 0 Å². The number of carbonyl (C=O) groups is 1. The lowest BCUT2D eigenvalue weighted by atomic mass is 9.85. The van der Waals surface area contributed by atoms with Crippen LogP contribution in [0.1, 0.15) is 36.7 Å². The zero-order valence-corrected chi connectivity index (χ0v) is 8.84. The smallest absolute Gasteiger partial charge is 0.342 e. The Hall–Kier alpha value is -1.58. The zero-order chi connectivity index (χ0) is 11.8. The van der Waals surface area contributed by atoms with Crippen LogP contribution in [-0.2, 0) is 5.41 Å². The molecule has 0 fully saturated rings. The summed E-state index contributed by atoms with van der Waals surface area (Å²) in [6.07, 6.45) is 0. The Kier molecular flexibility index (Phi) is 2.71. The van der Waals surface area contributed by atoms with Crippen LogP contribution in [0.4, 0.5) is 4.39 Å². The van der Waals surface area contributed by atoms with Crippen molar-refractivity contribution >= 4 is 5.97 Å². The number of rotatable bonds is 1. The highest BCUT2D eigenvalue weighted by Crippen LogP contribution is 2.34. The van der Waals surface area contributed by atoms with E-state index in [1.807, 2.05) is 20.8 Å². The summed E-state index contributed by atoms with van der Waals surface area (Å²) in [7, 11) is 0. The van der Waals surface area contributed by atoms with Crippen molar-refractivity contribution in [1.82, 2.24) is 0 Å². The first-order valence-corrected chi connectivity index (χ1v) is 4.50. The molecule has 2 N–H and O–H groups in total. The van der Waals surface area contributed by atoms with Crippen molar-refractivity contribution in [3.05, 3.63) is 29.1 Å². The molecule has 0 atom stereocenters. The molecule has 0 aliphatic rings. The number of carboxylic acids is 1. The third kappa shape index (κ3) is 2.09. The molecule has 0 aliphatic carbocycles. The fraction of sp³-hybridized carbons (Fsp3) is 0.364. The van der Waals surface area contributed by atoms with Crippen LogP contribution in [0.3, 0.4) is 0 Å². The first kappa shape index (κ1) is 11.5. The molecule has 0 unspecified atom stereocenters. The van der Waals surface area contributed by atoms with Gasteiger partial charge in [-0.1, -0.05) is 26.8 Å². The lowest BCUT2D eigenvalue weighted by Gasteiger charge is -2.21. The van der Waals surface area contributed by atoms with Gasteiger partial charge in [0.1, 0.15) is 17.1 Å². The van der Waals surface area contributed by atoms with Crippen molar-refractivity contribution in [2.45, 2.75) is 26.2 Å². The maximum absolute atomic E-state index is 13.1. The predicted molar refractivity (Wildman–Crippen MR) is 53.7 cm³/mol. The molecule has 15 heavy (non-hydrogen) atoms. The van der Waals surface area contributed by atoms with Crippen LogP contribution in [0.15, 0.2) is 12.1 Å². The molecule has 0 spiro atoms. The second kappa shape index (κ2) is 3.53. The van der Waals surface area contributed by atoms with E-state index in [1.54, 1.807) is 0 Å². The Morgan fingerprint density at radius 1 is 1.33 bits per heavy atom. The molecule has 0 heterocycles. The van der Waals surface area contributed by atoms with E-state index in [9.17, 15) is 14.3 Å². The van der Waals surface area contributed by atoms with Crippen LogP contribution >= 0.6 is 0 Å². The molecule has 0 amide bonds. The SMILES string of the molecule is CC(C)(C)c1ccc(F)c(C(=O)O)c1O. The summed E-state index contributed by atoms with van der Waals surface area (Å²) >= 11 is 0. The number of benzene rings is 1. The number of hydrogen-bond acceptors (Lipinski definition) is 2. The minimum atomic E-state index is -1.46. The zero-order valence-electron chi connectivity index (χ0n) is 8.84. The second-order valence-corrected chi connectivity index (χ2v) is 4.37. The summed E-state index contributed by atoms with van der Waals surface area (Å²) in [6.45, 7) is 5.43. The number of halogens is 1. The number of phenols is 1. The maximum Gasteiger partial charge on any atom is 0.342 e. The predicted octanol–water partition coefficient (Wildman–Crippen LogP) is 2.53. The molecular formula is C11H13FO3. The van der Waals surface area contributed by atoms with E-state index in [0.717, 1.165) is 6.07 Å². The molecule has 0 bridgehead atoms. The van der Waals surface area contributed by atoms with Crippen LogP contribution in [0, 0.1) is 5.82 Å². The Bertz CT molecular complexity index is 405. The second-order valence-electron chi connectivity index (χ2n) is 4.37. The maximum atomic E-state index is 13.1. The summed E-state index contributed by atoms with van der Waals surface area (Å²) in [5.74, 6) is -2.88. The molecule has 82 valence electrons. The van der Waals surface area contributed by atoms with E-state index >= 15 is 0 Å². The van der Waals surface area contributed by atoms with Gasteiger partial charge in [-0.05, 0) is 11.5 Å². The number of aromatic hydroxyl groups is 1. The fourth-order valence-electron chi connectivity index (χ4n) is 1.38. The first-order chi connectivity index (χ1) is 6.75. The van der Waals surface area contributed by atoms with Gasteiger partial charge in [0.2, 0.25) is 0 Å². The molecule has 0 saturated heterocycles. The monoisotopic (exact) mass is 212 g/mol. The Morgan fingerprint density at radius 3 is 2.27 bits per heavy atom. The van der Waals surface area contributed by atoms with Crippen LogP contribution in [0.2, 0.25) is 0 Å². The van der Waals surface area contributed by atoms with Crippen molar-refractivity contribution in [1.29, 1.82) is 0 Å². The minimum absolute atomic E-state index is 0.418. The lowest BCUT2D eigenvalue weighted by molar-refractivity contribution is 0.0688. The van der Waals surface area contributed by atoms with Crippen LogP contribution in [0.25, 0.3) is 0 Å². The molecule has 4 heteroatoms. The van der Waals surface area contributed by atoms with Gasteiger partial charge in [-0.2, -0.15) is 0 Å². The van der Waals surface area contributed by atoms with Gasteiger partial charge in [-0.15, -0.1) is 0 Å². The largest absolute Gasteiger partial charge is 0.507 e. The van der Waals surface area contributed by atoms with Gasteiger partial charge in [-0.3, -0.25) is 0 Å². The molecule has 0 saturated carbocycles. The molecular weight excluding hydrogens is 199 g/mol. The third-order valence-corrected chi connectivity index (χ3v) is 2.15. The van der Waals surface area contributed by atoms with Gasteiger partial charge in [0.15, 0.2) is 0 Å². The average Bonchev–Trinajstić information content (AvgIpc) is 2.00. The van der Waals surface area contributed by atoms with Gasteiger partial charge < -0.3 is 10.2 Å². The van der Waals surface area contributed by atoms with Gasteiger partial charge in [0.05, 0.1) is 0 Å². The topological polar surface area (TPSA) is 57.5 Å². The fourth-order valence-corrected chi connectivity index (χ4v) is 1.38. The van der Waals surface area contributed by atoms with Gasteiger partial charge in [0.25, 0.3) is 0 Å². The molecule has 1 aromatic carbocycles. The number of hydrogen-bond donors (Lipinski definition) is 2. The number of carboxylic acid groups (broad SMARTS) is 1. The van der Waals surface area contributed by atoms with Crippen molar-refractivity contribution in [2.24, 2.45) is 0 Å². The molecule has 1 rings (SSSR count). The van der Waals surface area contributed by atoms with Gasteiger partial charge in [0, 0.05) is 5.56 Å². The highest BCUT2D eigenvalue weighted by atomic mass is 19.1. The van der Waals surface area contributed by atoms with Crippen molar-refractivity contribution in [3.63, 3.8) is 0 Å². The van der Waals surface area contributed by atoms with Gasteiger partial charge in [-0.25, -0.2) is 9.18 Å². The molecule has 3 nitrogen and oxygen atoms in total. The Balaban J connectivity index is 3.49. The summed E-state index contributed by atoms with van der Waals surface area (Å²) in [4.78, 5) is 10.7. The summed E-state index contributed by atoms with van der Waals surface area (Å²) in [5.41, 5.74) is -0.675. The molecule has 1 aromatic rings. The lowest BCUT2D eigenvalue weighted by Crippen LogP contribution is -2.14. The highest BCUT2D eigenvalue weighted by Gasteiger charge is 2.25. The average molecular weight is 212 g/mol. The molecule has 0 aliphatic heterocycles. The summed E-state index contributed by atoms with van der Waals surface area (Å²) in [5, 5.41) is 18.4.